The average Bonchev–Trinajstić information content (AvgIpc) is 2.86. The molecule has 1 aromatic carbocycles. The van der Waals surface area contributed by atoms with Crippen LogP contribution in [0.3, 0.4) is 0 Å². The van der Waals surface area contributed by atoms with Crippen molar-refractivity contribution in [1.29, 1.82) is 0 Å². The third-order valence-electron chi connectivity index (χ3n) is 7.00. The molecule has 1 N–H and O–H groups in total. The van der Waals surface area contributed by atoms with Crippen LogP contribution < -0.4 is 4.74 Å². The summed E-state index contributed by atoms with van der Waals surface area (Å²) in [5, 5.41) is 10.2. The Labute approximate surface area is 194 Å². The van der Waals surface area contributed by atoms with Gasteiger partial charge in [-0.15, -0.1) is 0 Å². The molecule has 3 aliphatic heterocycles. The van der Waals surface area contributed by atoms with Crippen LogP contribution in [0.4, 0.5) is 0 Å². The first kappa shape index (κ1) is 23.2. The molecule has 0 saturated carbocycles. The van der Waals surface area contributed by atoms with E-state index in [0.29, 0.717) is 48.7 Å². The fourth-order valence-electron chi connectivity index (χ4n) is 4.77. The Morgan fingerprint density at radius 2 is 1.91 bits per heavy atom. The number of carbonyl (C=O) groups excluding carboxylic acids is 2. The molecular weight excluding hydrogens is 420 g/mol. The van der Waals surface area contributed by atoms with Gasteiger partial charge in [0, 0.05) is 32.4 Å². The van der Waals surface area contributed by atoms with Crippen molar-refractivity contribution >= 4 is 11.8 Å². The first-order chi connectivity index (χ1) is 16.0. The summed E-state index contributed by atoms with van der Waals surface area (Å²) in [4.78, 5) is 38.3. The molecule has 0 atom stereocenters. The molecule has 0 unspecified atom stereocenters. The molecule has 2 bridgehead atoms. The van der Waals surface area contributed by atoms with Gasteiger partial charge in [-0.3, -0.25) is 9.59 Å². The third kappa shape index (κ3) is 5.16. The Balaban J connectivity index is 1.58. The van der Waals surface area contributed by atoms with Crippen LogP contribution in [0, 0.1) is 12.3 Å². The van der Waals surface area contributed by atoms with Gasteiger partial charge < -0.3 is 19.6 Å². The van der Waals surface area contributed by atoms with Crippen LogP contribution in [0.15, 0.2) is 36.8 Å². The number of nitrogens with zero attached hydrogens (tertiary/aromatic N) is 4. The quantitative estimate of drug-likeness (QED) is 0.753. The molecular formula is C25H32N4O4. The van der Waals surface area contributed by atoms with Gasteiger partial charge in [0.25, 0.3) is 11.8 Å². The number of benzene rings is 1. The lowest BCUT2D eigenvalue weighted by Gasteiger charge is -2.41. The van der Waals surface area contributed by atoms with Crippen LogP contribution in [-0.2, 0) is 0 Å². The van der Waals surface area contributed by atoms with E-state index in [2.05, 4.69) is 9.97 Å². The summed E-state index contributed by atoms with van der Waals surface area (Å²) in [5.41, 5.74) is 1.51. The Hall–Kier alpha value is -3.00. The number of amides is 2. The maximum atomic E-state index is 13.2. The summed E-state index contributed by atoms with van der Waals surface area (Å²) in [6.45, 7) is 4.45. The number of hydrogen-bond acceptors (Lipinski definition) is 6. The smallest absolute Gasteiger partial charge is 0.257 e. The minimum Gasteiger partial charge on any atom is -0.491 e. The number of ether oxygens (including phenoxy) is 1. The van der Waals surface area contributed by atoms with Crippen LogP contribution in [-0.4, -0.2) is 76.1 Å². The summed E-state index contributed by atoms with van der Waals surface area (Å²) in [6, 6.07) is 7.27. The summed E-state index contributed by atoms with van der Waals surface area (Å²) < 4.78 is 6.01. The highest BCUT2D eigenvalue weighted by Crippen LogP contribution is 2.37. The number of hydrogen-bond donors (Lipinski definition) is 1. The van der Waals surface area contributed by atoms with E-state index in [-0.39, 0.29) is 30.4 Å². The molecule has 0 radical (unpaired) electrons. The van der Waals surface area contributed by atoms with Gasteiger partial charge >= 0.3 is 0 Å². The molecule has 2 amide bonds. The van der Waals surface area contributed by atoms with E-state index >= 15 is 0 Å². The van der Waals surface area contributed by atoms with Crippen LogP contribution >= 0.6 is 0 Å². The Morgan fingerprint density at radius 3 is 2.67 bits per heavy atom. The van der Waals surface area contributed by atoms with E-state index in [0.717, 1.165) is 32.1 Å². The Bertz CT molecular complexity index is 988. The zero-order chi connectivity index (χ0) is 23.3. The van der Waals surface area contributed by atoms with E-state index in [1.165, 1.54) is 6.33 Å². The van der Waals surface area contributed by atoms with Crippen molar-refractivity contribution in [1.82, 2.24) is 19.8 Å². The highest BCUT2D eigenvalue weighted by molar-refractivity contribution is 5.97. The average molecular weight is 453 g/mol. The Kier molecular flexibility index (Phi) is 7.23. The number of piperidine rings is 1. The third-order valence-corrected chi connectivity index (χ3v) is 7.00. The maximum absolute atomic E-state index is 13.2. The summed E-state index contributed by atoms with van der Waals surface area (Å²) in [6.07, 6.45) is 7.18. The first-order valence-corrected chi connectivity index (χ1v) is 11.7. The van der Waals surface area contributed by atoms with Gasteiger partial charge in [0.1, 0.15) is 18.7 Å². The van der Waals surface area contributed by atoms with Gasteiger partial charge in [-0.2, -0.15) is 0 Å². The monoisotopic (exact) mass is 452 g/mol. The number of fused-ring (bicyclic) bond motifs is 9. The first-order valence-electron chi connectivity index (χ1n) is 11.7. The van der Waals surface area contributed by atoms with E-state index in [9.17, 15) is 14.7 Å². The van der Waals surface area contributed by atoms with Crippen LogP contribution in [0.25, 0.3) is 0 Å². The van der Waals surface area contributed by atoms with Gasteiger partial charge in [-0.1, -0.05) is 18.6 Å². The van der Waals surface area contributed by atoms with Crippen molar-refractivity contribution in [3.63, 3.8) is 0 Å². The van der Waals surface area contributed by atoms with Crippen LogP contribution in [0.1, 0.15) is 58.5 Å². The molecule has 5 rings (SSSR count). The molecule has 33 heavy (non-hydrogen) atoms. The fraction of sp³-hybridized carbons (Fsp3) is 0.520. The lowest BCUT2D eigenvalue weighted by Crippen LogP contribution is -2.44. The second kappa shape index (κ2) is 10.3. The van der Waals surface area contributed by atoms with Gasteiger partial charge in [0.2, 0.25) is 0 Å². The molecule has 0 spiro atoms. The summed E-state index contributed by atoms with van der Waals surface area (Å²) >= 11 is 0. The molecule has 176 valence electrons. The summed E-state index contributed by atoms with van der Waals surface area (Å²) in [5.74, 6) is 0.370. The minimum atomic E-state index is -0.161. The fourth-order valence-corrected chi connectivity index (χ4v) is 4.77. The lowest BCUT2D eigenvalue weighted by molar-refractivity contribution is 0.0297. The number of aromatic nitrogens is 2. The van der Waals surface area contributed by atoms with Crippen LogP contribution in [0.5, 0.6) is 5.75 Å². The molecule has 1 fully saturated rings. The minimum absolute atomic E-state index is 0.0444. The number of para-hydroxylation sites is 1. The number of carbonyl (C=O) groups is 2. The van der Waals surface area contributed by atoms with Crippen LogP contribution in [0.2, 0.25) is 0 Å². The zero-order valence-corrected chi connectivity index (χ0v) is 19.2. The van der Waals surface area contributed by atoms with Gasteiger partial charge in [-0.25, -0.2) is 9.97 Å². The van der Waals surface area contributed by atoms with E-state index < -0.39 is 0 Å². The van der Waals surface area contributed by atoms with Crippen molar-refractivity contribution in [2.45, 2.75) is 39.0 Å². The van der Waals surface area contributed by atoms with Gasteiger partial charge in [0.15, 0.2) is 0 Å². The zero-order valence-electron chi connectivity index (χ0n) is 19.2. The SMILES string of the molecule is Cc1ncncc1C(=O)N1CCCCC2(CO)CCN(CC2)C(=O)c2ccccc2OCC1. The topological polar surface area (TPSA) is 95.9 Å². The molecule has 8 heteroatoms. The highest BCUT2D eigenvalue weighted by Gasteiger charge is 2.36. The predicted molar refractivity (Wildman–Crippen MR) is 123 cm³/mol. The lowest BCUT2D eigenvalue weighted by atomic mass is 9.75. The van der Waals surface area contributed by atoms with Gasteiger partial charge in [-0.05, 0) is 50.2 Å². The number of aliphatic hydroxyl groups is 1. The van der Waals surface area contributed by atoms with Crippen molar-refractivity contribution in [3.05, 3.63) is 53.6 Å². The van der Waals surface area contributed by atoms with Crippen molar-refractivity contribution in [2.24, 2.45) is 5.41 Å². The van der Waals surface area contributed by atoms with Crippen molar-refractivity contribution in [3.8, 4) is 5.75 Å². The molecule has 1 saturated heterocycles. The van der Waals surface area contributed by atoms with E-state index in [1.807, 2.05) is 17.0 Å². The highest BCUT2D eigenvalue weighted by atomic mass is 16.5. The molecule has 8 nitrogen and oxygen atoms in total. The molecule has 3 aliphatic rings. The maximum Gasteiger partial charge on any atom is 0.257 e. The molecule has 1 aromatic heterocycles. The number of rotatable bonds is 2. The number of aliphatic hydroxyl groups excluding tert-OH is 1. The van der Waals surface area contributed by atoms with Crippen molar-refractivity contribution < 1.29 is 19.4 Å². The second-order valence-electron chi connectivity index (χ2n) is 9.07. The van der Waals surface area contributed by atoms with E-state index in [4.69, 9.17) is 4.74 Å². The largest absolute Gasteiger partial charge is 0.491 e. The van der Waals surface area contributed by atoms with Crippen molar-refractivity contribution in [2.75, 3.05) is 39.4 Å². The van der Waals surface area contributed by atoms with Gasteiger partial charge in [0.05, 0.1) is 23.4 Å². The molecule has 2 aromatic rings. The Morgan fingerprint density at radius 1 is 1.12 bits per heavy atom. The molecule has 0 aliphatic carbocycles. The summed E-state index contributed by atoms with van der Waals surface area (Å²) in [7, 11) is 0. The second-order valence-corrected chi connectivity index (χ2v) is 9.07. The predicted octanol–water partition coefficient (Wildman–Crippen LogP) is 2.70. The standard InChI is InChI=1S/C25H32N4O4/c1-19-21(16-26-18-27-19)24(32)28-11-5-4-8-25(17-30)9-12-29(13-10-25)23(31)20-6-2-3-7-22(20)33-15-14-28/h2-3,6-7,16,18,30H,4-5,8-15,17H2,1H3. The number of aryl methyl sites for hydroxylation is 1. The molecule has 4 heterocycles. The normalized spacial score (nSPS) is 19.3. The van der Waals surface area contributed by atoms with E-state index in [1.54, 1.807) is 30.2 Å².